The zero-order valence-electron chi connectivity index (χ0n) is 13.4. The van der Waals surface area contributed by atoms with Crippen LogP contribution in [0.4, 0.5) is 5.69 Å². The van der Waals surface area contributed by atoms with Gasteiger partial charge in [0.05, 0.1) is 7.11 Å². The highest BCUT2D eigenvalue weighted by atomic mass is 16.5. The van der Waals surface area contributed by atoms with Crippen molar-refractivity contribution >= 4 is 5.69 Å². The van der Waals surface area contributed by atoms with Gasteiger partial charge in [-0.3, -0.25) is 0 Å². The first-order valence-corrected chi connectivity index (χ1v) is 8.42. The van der Waals surface area contributed by atoms with Gasteiger partial charge in [0, 0.05) is 30.4 Å². The normalized spacial score (nSPS) is 25.0. The molecule has 1 aliphatic carbocycles. The van der Waals surface area contributed by atoms with Gasteiger partial charge in [0.15, 0.2) is 0 Å². The number of nitrogens with zero attached hydrogens (tertiary/aromatic N) is 1. The molecule has 1 N–H and O–H groups in total. The largest absolute Gasteiger partial charge is 0.497 e. The Kier molecular flexibility index (Phi) is 4.39. The summed E-state index contributed by atoms with van der Waals surface area (Å²) in [5.41, 5.74) is 1.69. The van der Waals surface area contributed by atoms with E-state index in [9.17, 15) is 0 Å². The van der Waals surface area contributed by atoms with Gasteiger partial charge in [-0.05, 0) is 43.5 Å². The number of piperazine rings is 1. The molecule has 1 unspecified atom stereocenters. The quantitative estimate of drug-likeness (QED) is 0.920. The van der Waals surface area contributed by atoms with Crippen LogP contribution in [-0.4, -0.2) is 31.8 Å². The molecule has 116 valence electrons. The second-order valence-electron chi connectivity index (χ2n) is 6.61. The summed E-state index contributed by atoms with van der Waals surface area (Å²) in [4.78, 5) is 2.63. The second kappa shape index (κ2) is 6.27. The first-order chi connectivity index (χ1) is 10.3. The molecule has 0 aromatic heterocycles. The number of anilines is 1. The maximum absolute atomic E-state index is 5.29. The summed E-state index contributed by atoms with van der Waals surface area (Å²) in [5, 5.41) is 3.89. The number of benzene rings is 1. The van der Waals surface area contributed by atoms with Crippen LogP contribution in [0.1, 0.15) is 45.4 Å². The van der Waals surface area contributed by atoms with Gasteiger partial charge in [-0.1, -0.05) is 26.2 Å². The number of nitrogens with one attached hydrogen (secondary N) is 1. The maximum atomic E-state index is 5.29. The van der Waals surface area contributed by atoms with Crippen LogP contribution in [0.5, 0.6) is 5.75 Å². The van der Waals surface area contributed by atoms with E-state index in [-0.39, 0.29) is 0 Å². The van der Waals surface area contributed by atoms with Gasteiger partial charge < -0.3 is 15.0 Å². The van der Waals surface area contributed by atoms with Crippen molar-refractivity contribution in [3.05, 3.63) is 24.3 Å². The molecule has 3 nitrogen and oxygen atoms in total. The lowest BCUT2D eigenvalue weighted by Gasteiger charge is -2.50. The van der Waals surface area contributed by atoms with E-state index in [4.69, 9.17) is 4.74 Å². The molecule has 1 aromatic carbocycles. The number of ether oxygens (including phenoxy) is 1. The zero-order chi connectivity index (χ0) is 14.7. The zero-order valence-corrected chi connectivity index (χ0v) is 13.4. The molecule has 0 radical (unpaired) electrons. The van der Waals surface area contributed by atoms with E-state index < -0.39 is 0 Å². The van der Waals surface area contributed by atoms with Crippen molar-refractivity contribution in [2.24, 2.45) is 0 Å². The minimum atomic E-state index is 0.351. The lowest BCUT2D eigenvalue weighted by molar-refractivity contribution is 0.196. The molecule has 3 heteroatoms. The van der Waals surface area contributed by atoms with Gasteiger partial charge in [0.1, 0.15) is 5.75 Å². The molecule has 2 fully saturated rings. The number of rotatable bonds is 3. The number of hydrogen-bond donors (Lipinski definition) is 1. The highest BCUT2D eigenvalue weighted by Crippen LogP contribution is 2.34. The van der Waals surface area contributed by atoms with E-state index in [1.54, 1.807) is 7.11 Å². The standard InChI is InChI=1S/C18H28N2O/c1-3-15-13-19-18(11-5-4-6-12-18)14-20(15)16-7-9-17(21-2)10-8-16/h7-10,15,19H,3-6,11-14H2,1-2H3. The van der Waals surface area contributed by atoms with Crippen LogP contribution in [0.3, 0.4) is 0 Å². The Hall–Kier alpha value is -1.22. The Labute approximate surface area is 128 Å². The molecule has 1 heterocycles. The van der Waals surface area contributed by atoms with Crippen molar-refractivity contribution in [2.75, 3.05) is 25.1 Å². The van der Waals surface area contributed by atoms with Crippen LogP contribution in [0.15, 0.2) is 24.3 Å². The third-order valence-corrected chi connectivity index (χ3v) is 5.31. The molecule has 1 aromatic rings. The maximum Gasteiger partial charge on any atom is 0.119 e. The third kappa shape index (κ3) is 3.03. The van der Waals surface area contributed by atoms with Gasteiger partial charge in [0.2, 0.25) is 0 Å². The Morgan fingerprint density at radius 3 is 2.52 bits per heavy atom. The van der Waals surface area contributed by atoms with Crippen molar-refractivity contribution in [2.45, 2.75) is 57.0 Å². The van der Waals surface area contributed by atoms with Crippen LogP contribution < -0.4 is 15.0 Å². The molecule has 1 saturated heterocycles. The van der Waals surface area contributed by atoms with E-state index in [1.165, 1.54) is 44.2 Å². The van der Waals surface area contributed by atoms with E-state index in [2.05, 4.69) is 41.4 Å². The van der Waals surface area contributed by atoms with E-state index in [0.717, 1.165) is 18.8 Å². The fourth-order valence-corrected chi connectivity index (χ4v) is 3.96. The monoisotopic (exact) mass is 288 g/mol. The Bertz CT molecular complexity index is 451. The molecule has 1 aliphatic heterocycles. The summed E-state index contributed by atoms with van der Waals surface area (Å²) < 4.78 is 5.29. The van der Waals surface area contributed by atoms with Crippen molar-refractivity contribution in [1.29, 1.82) is 0 Å². The first-order valence-electron chi connectivity index (χ1n) is 8.42. The summed E-state index contributed by atoms with van der Waals surface area (Å²) in [6.45, 7) is 4.56. The molecule has 1 spiro atoms. The van der Waals surface area contributed by atoms with E-state index in [0.29, 0.717) is 11.6 Å². The SMILES string of the molecule is CCC1CNC2(CCCCC2)CN1c1ccc(OC)cc1. The van der Waals surface area contributed by atoms with Gasteiger partial charge in [-0.15, -0.1) is 0 Å². The highest BCUT2D eigenvalue weighted by Gasteiger charge is 2.39. The molecule has 21 heavy (non-hydrogen) atoms. The lowest BCUT2D eigenvalue weighted by atomic mass is 9.79. The first kappa shape index (κ1) is 14.7. The highest BCUT2D eigenvalue weighted by molar-refractivity contribution is 5.51. The van der Waals surface area contributed by atoms with Crippen LogP contribution in [0, 0.1) is 0 Å². The van der Waals surface area contributed by atoms with Gasteiger partial charge in [-0.25, -0.2) is 0 Å². The molecule has 0 amide bonds. The topological polar surface area (TPSA) is 24.5 Å². The van der Waals surface area contributed by atoms with Gasteiger partial charge in [-0.2, -0.15) is 0 Å². The van der Waals surface area contributed by atoms with Crippen molar-refractivity contribution in [1.82, 2.24) is 5.32 Å². The minimum absolute atomic E-state index is 0.351. The third-order valence-electron chi connectivity index (χ3n) is 5.31. The molecular weight excluding hydrogens is 260 g/mol. The molecule has 2 aliphatic rings. The summed E-state index contributed by atoms with van der Waals surface area (Å²) in [6.07, 6.45) is 8.00. The van der Waals surface area contributed by atoms with Crippen molar-refractivity contribution < 1.29 is 4.74 Å². The predicted molar refractivity (Wildman–Crippen MR) is 88.2 cm³/mol. The fourth-order valence-electron chi connectivity index (χ4n) is 3.96. The van der Waals surface area contributed by atoms with Crippen LogP contribution >= 0.6 is 0 Å². The fraction of sp³-hybridized carbons (Fsp3) is 0.667. The average Bonchev–Trinajstić information content (AvgIpc) is 2.56. The van der Waals surface area contributed by atoms with Gasteiger partial charge in [0.25, 0.3) is 0 Å². The van der Waals surface area contributed by atoms with Crippen LogP contribution in [0.25, 0.3) is 0 Å². The molecule has 0 bridgehead atoms. The molecule has 1 atom stereocenters. The molecule has 3 rings (SSSR count). The summed E-state index contributed by atoms with van der Waals surface area (Å²) in [7, 11) is 1.73. The Balaban J connectivity index is 1.81. The van der Waals surface area contributed by atoms with Gasteiger partial charge >= 0.3 is 0 Å². The number of hydrogen-bond acceptors (Lipinski definition) is 3. The number of methoxy groups -OCH3 is 1. The van der Waals surface area contributed by atoms with E-state index >= 15 is 0 Å². The summed E-state index contributed by atoms with van der Waals surface area (Å²) >= 11 is 0. The minimum Gasteiger partial charge on any atom is -0.497 e. The molecule has 1 saturated carbocycles. The van der Waals surface area contributed by atoms with Crippen molar-refractivity contribution in [3.8, 4) is 5.75 Å². The van der Waals surface area contributed by atoms with Crippen LogP contribution in [0.2, 0.25) is 0 Å². The Morgan fingerprint density at radius 1 is 1.19 bits per heavy atom. The van der Waals surface area contributed by atoms with Crippen molar-refractivity contribution in [3.63, 3.8) is 0 Å². The average molecular weight is 288 g/mol. The predicted octanol–water partition coefficient (Wildman–Crippen LogP) is 3.59. The molecular formula is C18H28N2O. The second-order valence-corrected chi connectivity index (χ2v) is 6.61. The summed E-state index contributed by atoms with van der Waals surface area (Å²) in [5.74, 6) is 0.939. The lowest BCUT2D eigenvalue weighted by Crippen LogP contribution is -2.65. The smallest absolute Gasteiger partial charge is 0.119 e. The summed E-state index contributed by atoms with van der Waals surface area (Å²) in [6, 6.07) is 9.19. The Morgan fingerprint density at radius 2 is 1.90 bits per heavy atom. The van der Waals surface area contributed by atoms with E-state index in [1.807, 2.05) is 0 Å². The van der Waals surface area contributed by atoms with Crippen LogP contribution in [-0.2, 0) is 0 Å².